The van der Waals surface area contributed by atoms with Crippen molar-refractivity contribution in [2.75, 3.05) is 6.61 Å². The molecule has 0 spiro atoms. The maximum Gasteiger partial charge on any atom is 0.149 e. The number of halogens is 1. The summed E-state index contributed by atoms with van der Waals surface area (Å²) in [7, 11) is 0. The van der Waals surface area contributed by atoms with E-state index in [1.165, 1.54) is 0 Å². The topological polar surface area (TPSA) is 42.6 Å². The third-order valence-corrected chi connectivity index (χ3v) is 3.93. The SMILES string of the molecule is CCOC1(C(O)c2occc2Br)CCCC1. The Hall–Kier alpha value is -0.320. The Morgan fingerprint density at radius 1 is 1.56 bits per heavy atom. The molecule has 0 radical (unpaired) electrons. The summed E-state index contributed by atoms with van der Waals surface area (Å²) in [5.41, 5.74) is -0.449. The first kappa shape index (κ1) is 12.1. The predicted molar refractivity (Wildman–Crippen MR) is 64.2 cm³/mol. The van der Waals surface area contributed by atoms with Crippen LogP contribution in [0.15, 0.2) is 21.2 Å². The quantitative estimate of drug-likeness (QED) is 0.923. The van der Waals surface area contributed by atoms with Gasteiger partial charge in [0.25, 0.3) is 0 Å². The zero-order valence-corrected chi connectivity index (χ0v) is 11.0. The highest BCUT2D eigenvalue weighted by Gasteiger charge is 2.44. The molecule has 4 heteroatoms. The molecule has 16 heavy (non-hydrogen) atoms. The molecule has 0 aliphatic heterocycles. The van der Waals surface area contributed by atoms with Crippen LogP contribution in [-0.4, -0.2) is 17.3 Å². The summed E-state index contributed by atoms with van der Waals surface area (Å²) in [6.07, 6.45) is 4.91. The number of hydrogen-bond donors (Lipinski definition) is 1. The zero-order valence-electron chi connectivity index (χ0n) is 9.41. The molecule has 0 saturated heterocycles. The molecule has 90 valence electrons. The fraction of sp³-hybridized carbons (Fsp3) is 0.667. The van der Waals surface area contributed by atoms with Crippen LogP contribution in [0.5, 0.6) is 0 Å². The molecule has 1 unspecified atom stereocenters. The molecular formula is C12H17BrO3. The second kappa shape index (κ2) is 4.90. The second-order valence-electron chi connectivity index (χ2n) is 4.24. The van der Waals surface area contributed by atoms with E-state index in [0.717, 1.165) is 30.2 Å². The lowest BCUT2D eigenvalue weighted by molar-refractivity contribution is -0.125. The van der Waals surface area contributed by atoms with Crippen LogP contribution < -0.4 is 0 Å². The minimum absolute atomic E-state index is 0.449. The number of hydrogen-bond acceptors (Lipinski definition) is 3. The first-order valence-electron chi connectivity index (χ1n) is 5.74. The van der Waals surface area contributed by atoms with Crippen molar-refractivity contribution in [1.82, 2.24) is 0 Å². The average molecular weight is 289 g/mol. The molecule has 1 aliphatic carbocycles. The van der Waals surface area contributed by atoms with E-state index in [-0.39, 0.29) is 0 Å². The highest BCUT2D eigenvalue weighted by atomic mass is 79.9. The standard InChI is InChI=1S/C12H17BrO3/c1-2-16-12(6-3-4-7-12)11(14)10-9(13)5-8-15-10/h5,8,11,14H,2-4,6-7H2,1H3. The van der Waals surface area contributed by atoms with Crippen molar-refractivity contribution in [2.45, 2.75) is 44.3 Å². The van der Waals surface area contributed by atoms with Crippen LogP contribution in [0.25, 0.3) is 0 Å². The predicted octanol–water partition coefficient (Wildman–Crippen LogP) is 3.42. The summed E-state index contributed by atoms with van der Waals surface area (Å²) >= 11 is 3.38. The van der Waals surface area contributed by atoms with Crippen molar-refractivity contribution in [2.24, 2.45) is 0 Å². The fourth-order valence-corrected chi connectivity index (χ4v) is 2.92. The van der Waals surface area contributed by atoms with E-state index in [9.17, 15) is 5.11 Å². The normalized spacial score (nSPS) is 21.2. The lowest BCUT2D eigenvalue weighted by Gasteiger charge is -2.33. The monoisotopic (exact) mass is 288 g/mol. The maximum atomic E-state index is 10.4. The molecule has 1 heterocycles. The van der Waals surface area contributed by atoms with Crippen molar-refractivity contribution in [3.63, 3.8) is 0 Å². The third-order valence-electron chi connectivity index (χ3n) is 3.27. The van der Waals surface area contributed by atoms with E-state index < -0.39 is 11.7 Å². The Morgan fingerprint density at radius 3 is 2.75 bits per heavy atom. The maximum absolute atomic E-state index is 10.4. The van der Waals surface area contributed by atoms with Gasteiger partial charge in [0, 0.05) is 6.61 Å². The molecule has 1 fully saturated rings. The molecule has 3 nitrogen and oxygen atoms in total. The zero-order chi connectivity index (χ0) is 11.6. The summed E-state index contributed by atoms with van der Waals surface area (Å²) in [6.45, 7) is 2.58. The molecule has 1 aromatic heterocycles. The van der Waals surface area contributed by atoms with Crippen LogP contribution >= 0.6 is 15.9 Å². The van der Waals surface area contributed by atoms with Gasteiger partial charge in [-0.3, -0.25) is 0 Å². The van der Waals surface area contributed by atoms with Gasteiger partial charge < -0.3 is 14.3 Å². The van der Waals surface area contributed by atoms with Gasteiger partial charge in [0.2, 0.25) is 0 Å². The number of aliphatic hydroxyl groups excluding tert-OH is 1. The van der Waals surface area contributed by atoms with E-state index >= 15 is 0 Å². The van der Waals surface area contributed by atoms with Crippen molar-refractivity contribution in [3.8, 4) is 0 Å². The molecule has 0 bridgehead atoms. The number of rotatable bonds is 4. The molecule has 1 atom stereocenters. The van der Waals surface area contributed by atoms with Gasteiger partial charge in [-0.1, -0.05) is 12.8 Å². The van der Waals surface area contributed by atoms with E-state index in [1.54, 1.807) is 12.3 Å². The summed E-state index contributed by atoms with van der Waals surface area (Å²) < 4.78 is 11.9. The van der Waals surface area contributed by atoms with Crippen LogP contribution in [0.1, 0.15) is 44.5 Å². The number of aliphatic hydroxyl groups is 1. The van der Waals surface area contributed by atoms with Gasteiger partial charge in [0.15, 0.2) is 0 Å². The van der Waals surface area contributed by atoms with Gasteiger partial charge in [-0.05, 0) is 41.8 Å². The van der Waals surface area contributed by atoms with E-state index in [2.05, 4.69) is 15.9 Å². The second-order valence-corrected chi connectivity index (χ2v) is 5.09. The van der Waals surface area contributed by atoms with Crippen molar-refractivity contribution < 1.29 is 14.3 Å². The Balaban J connectivity index is 2.23. The van der Waals surface area contributed by atoms with Crippen LogP contribution in [0.4, 0.5) is 0 Å². The molecule has 1 N–H and O–H groups in total. The van der Waals surface area contributed by atoms with Crippen LogP contribution in [-0.2, 0) is 4.74 Å². The molecular weight excluding hydrogens is 272 g/mol. The number of ether oxygens (including phenoxy) is 1. The highest BCUT2D eigenvalue weighted by Crippen LogP contribution is 2.44. The van der Waals surface area contributed by atoms with E-state index in [1.807, 2.05) is 6.92 Å². The smallest absolute Gasteiger partial charge is 0.149 e. The van der Waals surface area contributed by atoms with Crippen molar-refractivity contribution in [3.05, 3.63) is 22.6 Å². The van der Waals surface area contributed by atoms with Gasteiger partial charge in [-0.2, -0.15) is 0 Å². The van der Waals surface area contributed by atoms with Crippen LogP contribution in [0, 0.1) is 0 Å². The number of furan rings is 1. The minimum atomic E-state index is -0.681. The summed E-state index contributed by atoms with van der Waals surface area (Å²) in [5.74, 6) is 0.579. The van der Waals surface area contributed by atoms with Gasteiger partial charge in [0.1, 0.15) is 17.5 Å². The lowest BCUT2D eigenvalue weighted by atomic mass is 9.92. The molecule has 1 saturated carbocycles. The Labute approximate surface area is 104 Å². The Morgan fingerprint density at radius 2 is 2.25 bits per heavy atom. The Bertz CT molecular complexity index is 342. The minimum Gasteiger partial charge on any atom is -0.465 e. The van der Waals surface area contributed by atoms with Gasteiger partial charge in [0.05, 0.1) is 10.7 Å². The molecule has 2 rings (SSSR count). The first-order chi connectivity index (χ1) is 7.69. The lowest BCUT2D eigenvalue weighted by Crippen LogP contribution is -2.36. The summed E-state index contributed by atoms with van der Waals surface area (Å²) in [6, 6.07) is 1.80. The summed E-state index contributed by atoms with van der Waals surface area (Å²) in [4.78, 5) is 0. The van der Waals surface area contributed by atoms with Crippen LogP contribution in [0.2, 0.25) is 0 Å². The van der Waals surface area contributed by atoms with Gasteiger partial charge >= 0.3 is 0 Å². The van der Waals surface area contributed by atoms with Crippen LogP contribution in [0.3, 0.4) is 0 Å². The molecule has 1 aromatic rings. The molecule has 0 aromatic carbocycles. The van der Waals surface area contributed by atoms with Gasteiger partial charge in [-0.15, -0.1) is 0 Å². The van der Waals surface area contributed by atoms with E-state index in [0.29, 0.717) is 12.4 Å². The Kier molecular flexibility index (Phi) is 3.72. The fourth-order valence-electron chi connectivity index (χ4n) is 2.50. The van der Waals surface area contributed by atoms with Crippen molar-refractivity contribution in [1.29, 1.82) is 0 Å². The van der Waals surface area contributed by atoms with Crippen molar-refractivity contribution >= 4 is 15.9 Å². The molecule has 0 amide bonds. The largest absolute Gasteiger partial charge is 0.465 e. The molecule has 1 aliphatic rings. The van der Waals surface area contributed by atoms with Gasteiger partial charge in [-0.25, -0.2) is 0 Å². The summed E-state index contributed by atoms with van der Waals surface area (Å²) in [5, 5.41) is 10.4. The first-order valence-corrected chi connectivity index (χ1v) is 6.54. The third kappa shape index (κ3) is 2.06. The average Bonchev–Trinajstić information content (AvgIpc) is 2.87. The van der Waals surface area contributed by atoms with E-state index in [4.69, 9.17) is 9.15 Å². The highest BCUT2D eigenvalue weighted by molar-refractivity contribution is 9.10.